The third kappa shape index (κ3) is 3.42. The van der Waals surface area contributed by atoms with E-state index in [4.69, 9.17) is 16.3 Å². The Bertz CT molecular complexity index is 514. The summed E-state index contributed by atoms with van der Waals surface area (Å²) in [5.74, 6) is 0. The Kier molecular flexibility index (Phi) is 4.72. The highest BCUT2D eigenvalue weighted by Crippen LogP contribution is 2.19. The Morgan fingerprint density at radius 1 is 1.47 bits per heavy atom. The van der Waals surface area contributed by atoms with Crippen molar-refractivity contribution in [1.82, 2.24) is 14.3 Å². The molecule has 1 aliphatic heterocycles. The first-order chi connectivity index (χ1) is 9.04. The fourth-order valence-electron chi connectivity index (χ4n) is 2.00. The molecule has 1 saturated heterocycles. The van der Waals surface area contributed by atoms with E-state index in [9.17, 15) is 8.42 Å². The molecular formula is C11H16ClN3O3S. The van der Waals surface area contributed by atoms with Crippen LogP contribution in [0.5, 0.6) is 0 Å². The van der Waals surface area contributed by atoms with Crippen molar-refractivity contribution in [3.63, 3.8) is 0 Å². The van der Waals surface area contributed by atoms with Gasteiger partial charge in [0.15, 0.2) is 0 Å². The molecule has 0 amide bonds. The predicted octanol–water partition coefficient (Wildman–Crippen LogP) is 1.32. The van der Waals surface area contributed by atoms with Crippen molar-refractivity contribution in [2.45, 2.75) is 30.8 Å². The van der Waals surface area contributed by atoms with E-state index >= 15 is 0 Å². The number of halogens is 1. The van der Waals surface area contributed by atoms with Crippen molar-refractivity contribution in [2.75, 3.05) is 19.7 Å². The zero-order chi connectivity index (χ0) is 13.9. The van der Waals surface area contributed by atoms with Gasteiger partial charge < -0.3 is 4.74 Å². The molecule has 2 rings (SSSR count). The highest BCUT2D eigenvalue weighted by atomic mass is 35.5. The average Bonchev–Trinajstić information content (AvgIpc) is 2.89. The van der Waals surface area contributed by atoms with Crippen LogP contribution in [0.3, 0.4) is 0 Å². The van der Waals surface area contributed by atoms with Crippen LogP contribution in [0.4, 0.5) is 0 Å². The van der Waals surface area contributed by atoms with Crippen LogP contribution in [0, 0.1) is 0 Å². The summed E-state index contributed by atoms with van der Waals surface area (Å²) in [6.45, 7) is 3.24. The van der Waals surface area contributed by atoms with Crippen molar-refractivity contribution >= 4 is 21.6 Å². The Morgan fingerprint density at radius 2 is 2.16 bits per heavy atom. The van der Waals surface area contributed by atoms with Crippen LogP contribution >= 0.6 is 11.6 Å². The molecule has 0 bridgehead atoms. The lowest BCUT2D eigenvalue weighted by atomic mass is 10.2. The molecule has 1 atom stereocenters. The molecule has 19 heavy (non-hydrogen) atoms. The topological polar surface area (TPSA) is 72.4 Å². The Balaban J connectivity index is 2.17. The molecule has 1 aromatic rings. The van der Waals surface area contributed by atoms with Gasteiger partial charge in [-0.15, -0.1) is 0 Å². The SMILES string of the molecule is CCN(CC1CCCO1)S(=O)(=O)c1cnc(Cl)nc1. The second-order valence-electron chi connectivity index (χ2n) is 4.28. The zero-order valence-electron chi connectivity index (χ0n) is 10.6. The monoisotopic (exact) mass is 305 g/mol. The highest BCUT2D eigenvalue weighted by Gasteiger charge is 2.28. The lowest BCUT2D eigenvalue weighted by Crippen LogP contribution is -2.37. The first-order valence-corrected chi connectivity index (χ1v) is 7.95. The molecule has 0 radical (unpaired) electrons. The number of hydrogen-bond acceptors (Lipinski definition) is 5. The second-order valence-corrected chi connectivity index (χ2v) is 6.55. The minimum absolute atomic E-state index is 0.0251. The molecule has 0 spiro atoms. The van der Waals surface area contributed by atoms with Gasteiger partial charge in [-0.25, -0.2) is 18.4 Å². The maximum absolute atomic E-state index is 12.4. The third-order valence-electron chi connectivity index (χ3n) is 3.02. The summed E-state index contributed by atoms with van der Waals surface area (Å²) in [5, 5.41) is 0.0288. The lowest BCUT2D eigenvalue weighted by molar-refractivity contribution is 0.0946. The van der Waals surface area contributed by atoms with Crippen molar-refractivity contribution in [3.05, 3.63) is 17.7 Å². The summed E-state index contributed by atoms with van der Waals surface area (Å²) in [4.78, 5) is 7.47. The molecule has 1 unspecified atom stereocenters. The molecule has 106 valence electrons. The molecule has 1 aliphatic rings. The van der Waals surface area contributed by atoms with E-state index < -0.39 is 10.0 Å². The summed E-state index contributed by atoms with van der Waals surface area (Å²) >= 11 is 5.56. The minimum Gasteiger partial charge on any atom is -0.377 e. The van der Waals surface area contributed by atoms with Gasteiger partial charge in [0.05, 0.1) is 18.5 Å². The summed E-state index contributed by atoms with van der Waals surface area (Å²) in [5.41, 5.74) is 0. The molecule has 0 aromatic carbocycles. The molecule has 8 heteroatoms. The molecular weight excluding hydrogens is 290 g/mol. The van der Waals surface area contributed by atoms with E-state index in [0.29, 0.717) is 19.7 Å². The van der Waals surface area contributed by atoms with Crippen molar-refractivity contribution in [2.24, 2.45) is 0 Å². The van der Waals surface area contributed by atoms with E-state index in [0.717, 1.165) is 12.8 Å². The van der Waals surface area contributed by atoms with Gasteiger partial charge in [-0.2, -0.15) is 4.31 Å². The quantitative estimate of drug-likeness (QED) is 0.767. The van der Waals surface area contributed by atoms with Crippen molar-refractivity contribution in [1.29, 1.82) is 0 Å². The van der Waals surface area contributed by atoms with Gasteiger partial charge in [-0.3, -0.25) is 0 Å². The van der Waals surface area contributed by atoms with Gasteiger partial charge in [0.1, 0.15) is 4.90 Å². The standard InChI is InChI=1S/C11H16ClN3O3S/c1-2-15(8-9-4-3-5-18-9)19(16,17)10-6-13-11(12)14-7-10/h6-7,9H,2-5,8H2,1H3. The second kappa shape index (κ2) is 6.13. The maximum atomic E-state index is 12.4. The average molecular weight is 306 g/mol. The van der Waals surface area contributed by atoms with E-state index in [-0.39, 0.29) is 16.3 Å². The Morgan fingerprint density at radius 3 is 2.68 bits per heavy atom. The van der Waals surface area contributed by atoms with E-state index in [1.54, 1.807) is 6.92 Å². The molecule has 1 aromatic heterocycles. The molecule has 0 saturated carbocycles. The summed E-state index contributed by atoms with van der Waals surface area (Å²) in [6, 6.07) is 0. The van der Waals surface area contributed by atoms with Crippen molar-refractivity contribution in [3.8, 4) is 0 Å². The number of sulfonamides is 1. The summed E-state index contributed by atoms with van der Waals surface area (Å²) < 4.78 is 31.7. The molecule has 0 aliphatic carbocycles. The Labute approximate surface area is 117 Å². The van der Waals surface area contributed by atoms with Crippen LogP contribution < -0.4 is 0 Å². The van der Waals surface area contributed by atoms with Gasteiger partial charge in [0.2, 0.25) is 15.3 Å². The zero-order valence-corrected chi connectivity index (χ0v) is 12.2. The van der Waals surface area contributed by atoms with Crippen LogP contribution in [0.25, 0.3) is 0 Å². The summed E-state index contributed by atoms with van der Waals surface area (Å²) in [6.07, 6.45) is 4.30. The fraction of sp³-hybridized carbons (Fsp3) is 0.636. The molecule has 1 fully saturated rings. The maximum Gasteiger partial charge on any atom is 0.246 e. The van der Waals surface area contributed by atoms with E-state index in [1.165, 1.54) is 16.7 Å². The number of aromatic nitrogens is 2. The number of likely N-dealkylation sites (N-methyl/N-ethyl adjacent to an activating group) is 1. The van der Waals surface area contributed by atoms with Crippen LogP contribution in [-0.4, -0.2) is 48.5 Å². The third-order valence-corrected chi connectivity index (χ3v) is 5.11. The number of ether oxygens (including phenoxy) is 1. The van der Waals surface area contributed by atoms with Crippen LogP contribution in [0.15, 0.2) is 17.3 Å². The molecule has 2 heterocycles. The highest BCUT2D eigenvalue weighted by molar-refractivity contribution is 7.89. The van der Waals surface area contributed by atoms with Crippen LogP contribution in [0.2, 0.25) is 5.28 Å². The normalized spacial score (nSPS) is 20.1. The predicted molar refractivity (Wildman–Crippen MR) is 70.4 cm³/mol. The lowest BCUT2D eigenvalue weighted by Gasteiger charge is -2.23. The van der Waals surface area contributed by atoms with Gasteiger partial charge >= 0.3 is 0 Å². The number of hydrogen-bond donors (Lipinski definition) is 0. The van der Waals surface area contributed by atoms with Crippen molar-refractivity contribution < 1.29 is 13.2 Å². The first-order valence-electron chi connectivity index (χ1n) is 6.13. The molecule has 0 N–H and O–H groups in total. The van der Waals surface area contributed by atoms with Crippen LogP contribution in [0.1, 0.15) is 19.8 Å². The first kappa shape index (κ1) is 14.6. The Hall–Kier alpha value is -0.760. The van der Waals surface area contributed by atoms with Crippen LogP contribution in [-0.2, 0) is 14.8 Å². The van der Waals surface area contributed by atoms with Gasteiger partial charge in [0, 0.05) is 19.7 Å². The smallest absolute Gasteiger partial charge is 0.246 e. The van der Waals surface area contributed by atoms with E-state index in [1.807, 2.05) is 0 Å². The van der Waals surface area contributed by atoms with Gasteiger partial charge in [-0.1, -0.05) is 6.92 Å². The van der Waals surface area contributed by atoms with E-state index in [2.05, 4.69) is 9.97 Å². The molecule has 6 nitrogen and oxygen atoms in total. The van der Waals surface area contributed by atoms with Gasteiger partial charge in [-0.05, 0) is 24.4 Å². The number of rotatable bonds is 5. The largest absolute Gasteiger partial charge is 0.377 e. The summed E-state index contributed by atoms with van der Waals surface area (Å²) in [7, 11) is -3.59. The van der Waals surface area contributed by atoms with Gasteiger partial charge in [0.25, 0.3) is 0 Å². The number of nitrogens with zero attached hydrogens (tertiary/aromatic N) is 3. The minimum atomic E-state index is -3.59. The fourth-order valence-corrected chi connectivity index (χ4v) is 3.47.